The molecule has 0 aliphatic carbocycles. The highest BCUT2D eigenvalue weighted by atomic mass is 16.2. The maximum atomic E-state index is 13.3. The highest BCUT2D eigenvalue weighted by Crippen LogP contribution is 2.19. The number of piperazine rings is 1. The molecule has 0 atom stereocenters. The van der Waals surface area contributed by atoms with Crippen LogP contribution in [0.2, 0.25) is 0 Å². The van der Waals surface area contributed by atoms with E-state index in [9.17, 15) is 9.59 Å². The number of aromatic nitrogens is 3. The molecule has 0 bridgehead atoms. The van der Waals surface area contributed by atoms with Crippen molar-refractivity contribution in [1.29, 1.82) is 0 Å². The standard InChI is InChI=1S/C25H27N5O2/c1-18(2)27-12-14-28(15-13-27)24(31)20-8-9-21-23(16-20)29(17-19-6-4-3-5-7-19)25(32)22-10-11-26-30(21)22/h3-11,16,18H,12-15,17H2,1-2H3. The molecule has 0 radical (unpaired) electrons. The number of hydrogen-bond donors (Lipinski definition) is 0. The van der Waals surface area contributed by atoms with Crippen molar-refractivity contribution in [2.24, 2.45) is 0 Å². The van der Waals surface area contributed by atoms with Gasteiger partial charge in [-0.05, 0) is 43.7 Å². The van der Waals surface area contributed by atoms with E-state index in [2.05, 4.69) is 23.8 Å². The van der Waals surface area contributed by atoms with Gasteiger partial charge in [-0.2, -0.15) is 5.10 Å². The quantitative estimate of drug-likeness (QED) is 0.501. The summed E-state index contributed by atoms with van der Waals surface area (Å²) in [6.07, 6.45) is 1.64. The number of carbonyl (C=O) groups is 1. The fourth-order valence-electron chi connectivity index (χ4n) is 4.50. The van der Waals surface area contributed by atoms with E-state index in [0.29, 0.717) is 42.3 Å². The minimum absolute atomic E-state index is 0.00887. The summed E-state index contributed by atoms with van der Waals surface area (Å²) in [6, 6.07) is 17.7. The van der Waals surface area contributed by atoms with Crippen molar-refractivity contribution >= 4 is 22.5 Å². The highest BCUT2D eigenvalue weighted by molar-refractivity contribution is 5.97. The average molecular weight is 430 g/mol. The number of nitrogens with zero attached hydrogens (tertiary/aromatic N) is 5. The second-order valence-electron chi connectivity index (χ2n) is 8.63. The lowest BCUT2D eigenvalue weighted by Crippen LogP contribution is -2.50. The van der Waals surface area contributed by atoms with Gasteiger partial charge in [-0.25, -0.2) is 4.52 Å². The van der Waals surface area contributed by atoms with Crippen molar-refractivity contribution in [3.05, 3.63) is 82.3 Å². The van der Waals surface area contributed by atoms with Crippen molar-refractivity contribution in [2.45, 2.75) is 26.4 Å². The molecule has 2 aromatic carbocycles. The molecule has 1 saturated heterocycles. The first kappa shape index (κ1) is 20.5. The van der Waals surface area contributed by atoms with E-state index < -0.39 is 0 Å². The molecular formula is C25H27N5O2. The Hall–Kier alpha value is -3.45. The van der Waals surface area contributed by atoms with Gasteiger partial charge in [-0.3, -0.25) is 14.5 Å². The third-order valence-electron chi connectivity index (χ3n) is 6.36. The normalized spacial score (nSPS) is 15.2. The van der Waals surface area contributed by atoms with Gasteiger partial charge in [-0.15, -0.1) is 0 Å². The lowest BCUT2D eigenvalue weighted by molar-refractivity contribution is 0.0595. The summed E-state index contributed by atoms with van der Waals surface area (Å²) >= 11 is 0. The van der Waals surface area contributed by atoms with E-state index in [0.717, 1.165) is 24.2 Å². The van der Waals surface area contributed by atoms with Crippen LogP contribution in [-0.2, 0) is 6.54 Å². The zero-order chi connectivity index (χ0) is 22.2. The van der Waals surface area contributed by atoms with E-state index in [1.54, 1.807) is 21.3 Å². The van der Waals surface area contributed by atoms with Crippen LogP contribution in [0.25, 0.3) is 16.6 Å². The minimum Gasteiger partial charge on any atom is -0.336 e. The van der Waals surface area contributed by atoms with Crippen molar-refractivity contribution < 1.29 is 4.79 Å². The van der Waals surface area contributed by atoms with Crippen LogP contribution in [0.3, 0.4) is 0 Å². The Morgan fingerprint density at radius 3 is 2.41 bits per heavy atom. The predicted octanol–water partition coefficient (Wildman–Crippen LogP) is 2.86. The van der Waals surface area contributed by atoms with Gasteiger partial charge in [0.2, 0.25) is 0 Å². The van der Waals surface area contributed by atoms with Crippen molar-refractivity contribution in [3.63, 3.8) is 0 Å². The lowest BCUT2D eigenvalue weighted by Gasteiger charge is -2.37. The number of benzene rings is 2. The van der Waals surface area contributed by atoms with E-state index in [1.807, 2.05) is 53.4 Å². The molecule has 3 heterocycles. The lowest BCUT2D eigenvalue weighted by atomic mass is 10.1. The summed E-state index contributed by atoms with van der Waals surface area (Å²) in [5.74, 6) is 0.00887. The largest absolute Gasteiger partial charge is 0.336 e. The number of carbonyl (C=O) groups excluding carboxylic acids is 1. The molecule has 164 valence electrons. The molecular weight excluding hydrogens is 402 g/mol. The molecule has 0 N–H and O–H groups in total. The molecule has 7 heteroatoms. The number of fused-ring (bicyclic) bond motifs is 3. The van der Waals surface area contributed by atoms with Crippen molar-refractivity contribution in [2.75, 3.05) is 26.2 Å². The third-order valence-corrected chi connectivity index (χ3v) is 6.36. The minimum atomic E-state index is -0.117. The highest BCUT2D eigenvalue weighted by Gasteiger charge is 2.24. The van der Waals surface area contributed by atoms with E-state index >= 15 is 0 Å². The summed E-state index contributed by atoms with van der Waals surface area (Å²) in [4.78, 5) is 30.9. The zero-order valence-corrected chi connectivity index (χ0v) is 18.4. The molecule has 1 aliphatic heterocycles. The van der Waals surface area contributed by atoms with Gasteiger partial charge < -0.3 is 9.47 Å². The monoisotopic (exact) mass is 429 g/mol. The van der Waals surface area contributed by atoms with E-state index in [1.165, 1.54) is 0 Å². The van der Waals surface area contributed by atoms with Crippen LogP contribution in [0.1, 0.15) is 29.8 Å². The molecule has 0 spiro atoms. The van der Waals surface area contributed by atoms with Crippen molar-refractivity contribution in [3.8, 4) is 0 Å². The molecule has 1 aliphatic rings. The van der Waals surface area contributed by atoms with Crippen LogP contribution in [0.4, 0.5) is 0 Å². The average Bonchev–Trinajstić information content (AvgIpc) is 3.32. The molecule has 0 unspecified atom stereocenters. The predicted molar refractivity (Wildman–Crippen MR) is 125 cm³/mol. The van der Waals surface area contributed by atoms with Crippen LogP contribution < -0.4 is 5.56 Å². The molecule has 2 aromatic heterocycles. The Morgan fingerprint density at radius 1 is 0.938 bits per heavy atom. The Kier molecular flexibility index (Phi) is 5.27. The first-order valence-corrected chi connectivity index (χ1v) is 11.1. The van der Waals surface area contributed by atoms with Crippen LogP contribution in [0.15, 0.2) is 65.6 Å². The van der Waals surface area contributed by atoms with Gasteiger partial charge in [-0.1, -0.05) is 30.3 Å². The molecule has 5 rings (SSSR count). The molecule has 0 saturated carbocycles. The van der Waals surface area contributed by atoms with Crippen molar-refractivity contribution in [1.82, 2.24) is 24.0 Å². The van der Waals surface area contributed by atoms with Crippen LogP contribution in [0.5, 0.6) is 0 Å². The first-order valence-electron chi connectivity index (χ1n) is 11.1. The fraction of sp³-hybridized carbons (Fsp3) is 0.320. The number of hydrogen-bond acceptors (Lipinski definition) is 4. The second-order valence-corrected chi connectivity index (χ2v) is 8.63. The summed E-state index contributed by atoms with van der Waals surface area (Å²) in [5.41, 5.74) is 3.55. The smallest absolute Gasteiger partial charge is 0.277 e. The van der Waals surface area contributed by atoms with Gasteiger partial charge in [0.05, 0.1) is 23.8 Å². The van der Waals surface area contributed by atoms with Gasteiger partial charge >= 0.3 is 0 Å². The van der Waals surface area contributed by atoms with Gasteiger partial charge in [0.1, 0.15) is 5.52 Å². The molecule has 4 aromatic rings. The zero-order valence-electron chi connectivity index (χ0n) is 18.4. The molecule has 1 amide bonds. The SMILES string of the molecule is CC(C)N1CCN(C(=O)c2ccc3c(c2)n(Cc2ccccc2)c(=O)c2ccnn23)CC1. The maximum Gasteiger partial charge on any atom is 0.277 e. The summed E-state index contributed by atoms with van der Waals surface area (Å²) in [7, 11) is 0. The van der Waals surface area contributed by atoms with Crippen LogP contribution in [0, 0.1) is 0 Å². The summed E-state index contributed by atoms with van der Waals surface area (Å²) in [6.45, 7) is 7.98. The van der Waals surface area contributed by atoms with Gasteiger partial charge in [0.15, 0.2) is 0 Å². The van der Waals surface area contributed by atoms with E-state index in [-0.39, 0.29) is 11.5 Å². The van der Waals surface area contributed by atoms with Crippen LogP contribution in [-0.4, -0.2) is 62.1 Å². The molecule has 7 nitrogen and oxygen atoms in total. The summed E-state index contributed by atoms with van der Waals surface area (Å²) < 4.78 is 3.41. The topological polar surface area (TPSA) is 62.8 Å². The van der Waals surface area contributed by atoms with Gasteiger partial charge in [0, 0.05) is 37.8 Å². The fourth-order valence-corrected chi connectivity index (χ4v) is 4.50. The van der Waals surface area contributed by atoms with Crippen LogP contribution >= 0.6 is 0 Å². The Bertz CT molecular complexity index is 1330. The van der Waals surface area contributed by atoms with Gasteiger partial charge in [0.25, 0.3) is 11.5 Å². The Labute approximate surface area is 186 Å². The maximum absolute atomic E-state index is 13.3. The molecule has 32 heavy (non-hydrogen) atoms. The third kappa shape index (κ3) is 3.58. The summed E-state index contributed by atoms with van der Waals surface area (Å²) in [5, 5.41) is 4.35. The van der Waals surface area contributed by atoms with E-state index in [4.69, 9.17) is 0 Å². The Balaban J connectivity index is 1.56. The second kappa shape index (κ2) is 8.24. The first-order chi connectivity index (χ1) is 15.5. The molecule has 1 fully saturated rings. The number of amides is 1. The number of rotatable bonds is 4. The Morgan fingerprint density at radius 2 is 1.69 bits per heavy atom.